The van der Waals surface area contributed by atoms with Gasteiger partial charge in [0.25, 0.3) is 0 Å². The van der Waals surface area contributed by atoms with Gasteiger partial charge in [0.15, 0.2) is 0 Å². The second kappa shape index (κ2) is 8.15. The van der Waals surface area contributed by atoms with Crippen LogP contribution in [0.3, 0.4) is 0 Å². The number of carbonyl (C=O) groups is 1. The van der Waals surface area contributed by atoms with Gasteiger partial charge in [0.2, 0.25) is 5.91 Å². The number of nitrogens with zero attached hydrogens (tertiary/aromatic N) is 3. The summed E-state index contributed by atoms with van der Waals surface area (Å²) in [5.74, 6) is -0.0531. The number of carbonyl (C=O) groups excluding carboxylic acids is 1. The van der Waals surface area contributed by atoms with Crippen LogP contribution in [-0.4, -0.2) is 28.2 Å². The average molecular weight is 370 g/mol. The first-order chi connectivity index (χ1) is 12.5. The Morgan fingerprint density at radius 1 is 1.12 bits per heavy atom. The monoisotopic (exact) mass is 369 g/mol. The topological polar surface area (TPSA) is 59.2 Å². The van der Waals surface area contributed by atoms with E-state index < -0.39 is 0 Å². The third kappa shape index (κ3) is 4.29. The van der Waals surface area contributed by atoms with E-state index in [1.54, 1.807) is 11.9 Å². The van der Waals surface area contributed by atoms with E-state index in [0.717, 1.165) is 11.1 Å². The van der Waals surface area contributed by atoms with Crippen LogP contribution in [0, 0.1) is 6.92 Å². The Bertz CT molecular complexity index is 880. The minimum absolute atomic E-state index is 0.0150. The fourth-order valence-corrected chi connectivity index (χ4v) is 3.07. The van der Waals surface area contributed by atoms with Crippen molar-refractivity contribution >= 4 is 17.5 Å². The van der Waals surface area contributed by atoms with Gasteiger partial charge in [-0.05, 0) is 30.2 Å². The van der Waals surface area contributed by atoms with Gasteiger partial charge in [-0.2, -0.15) is 0 Å². The van der Waals surface area contributed by atoms with Gasteiger partial charge < -0.3 is 4.90 Å². The van der Waals surface area contributed by atoms with E-state index in [-0.39, 0.29) is 11.8 Å². The van der Waals surface area contributed by atoms with Crippen molar-refractivity contribution in [3.05, 3.63) is 82.1 Å². The van der Waals surface area contributed by atoms with Crippen LogP contribution >= 0.6 is 11.6 Å². The molecule has 0 spiro atoms. The lowest BCUT2D eigenvalue weighted by Crippen LogP contribution is -2.28. The van der Waals surface area contributed by atoms with Crippen molar-refractivity contribution in [1.82, 2.24) is 15.2 Å². The first-order valence-electron chi connectivity index (χ1n) is 8.37. The summed E-state index contributed by atoms with van der Waals surface area (Å²) in [5, 5.41) is 8.26. The molecule has 1 amide bonds. The van der Waals surface area contributed by atoms with Gasteiger partial charge in [0, 0.05) is 24.4 Å². The van der Waals surface area contributed by atoms with Crippen LogP contribution in [-0.2, 0) is 11.3 Å². The maximum Gasteiger partial charge on any atom is 0.223 e. The van der Waals surface area contributed by atoms with Crippen molar-refractivity contribution in [3.8, 4) is 0 Å². The Kier molecular flexibility index (Phi) is 5.68. The normalized spacial score (nSPS) is 12.0. The van der Waals surface area contributed by atoms with Crippen molar-refractivity contribution in [2.75, 3.05) is 7.05 Å². The van der Waals surface area contributed by atoms with Gasteiger partial charge in [0.05, 0.1) is 6.54 Å². The Morgan fingerprint density at radius 3 is 2.50 bits per heavy atom. The van der Waals surface area contributed by atoms with Gasteiger partial charge in [0.1, 0.15) is 11.4 Å². The molecular formula is C20H20ClN3O2. The molecule has 0 aliphatic rings. The van der Waals surface area contributed by atoms with Crippen molar-refractivity contribution in [2.45, 2.75) is 25.8 Å². The van der Waals surface area contributed by atoms with Crippen LogP contribution in [0.5, 0.6) is 0 Å². The molecule has 26 heavy (non-hydrogen) atoms. The molecule has 0 unspecified atom stereocenters. The lowest BCUT2D eigenvalue weighted by Gasteiger charge is -2.22. The maximum atomic E-state index is 12.8. The second-order valence-electron chi connectivity index (χ2n) is 6.27. The summed E-state index contributed by atoms with van der Waals surface area (Å²) in [6, 6.07) is 17.6. The van der Waals surface area contributed by atoms with E-state index in [1.165, 1.54) is 0 Å². The predicted octanol–water partition coefficient (Wildman–Crippen LogP) is 4.21. The highest BCUT2D eigenvalue weighted by molar-refractivity contribution is 6.30. The van der Waals surface area contributed by atoms with Gasteiger partial charge in [-0.25, -0.2) is 4.63 Å². The first-order valence-corrected chi connectivity index (χ1v) is 8.75. The maximum absolute atomic E-state index is 12.8. The van der Waals surface area contributed by atoms with Crippen LogP contribution in [0.25, 0.3) is 0 Å². The fraction of sp³-hybridized carbons (Fsp3) is 0.250. The molecule has 0 radical (unpaired) electrons. The van der Waals surface area contributed by atoms with Crippen LogP contribution in [0.2, 0.25) is 5.02 Å². The molecule has 2 aromatic carbocycles. The summed E-state index contributed by atoms with van der Waals surface area (Å²) in [7, 11) is 1.76. The van der Waals surface area contributed by atoms with E-state index >= 15 is 0 Å². The molecule has 0 N–H and O–H groups in total. The average Bonchev–Trinajstić information content (AvgIpc) is 3.05. The molecule has 1 atom stereocenters. The summed E-state index contributed by atoms with van der Waals surface area (Å²) in [6.45, 7) is 2.17. The molecular weight excluding hydrogens is 350 g/mol. The number of benzene rings is 2. The summed E-state index contributed by atoms with van der Waals surface area (Å²) in [6.07, 6.45) is 0.338. The van der Waals surface area contributed by atoms with E-state index in [0.29, 0.717) is 29.4 Å². The SMILES string of the molecule is Cc1nonc1CN(C)C(=O)C[C@@H](c1ccccc1)c1cccc(Cl)c1. The molecule has 6 heteroatoms. The molecule has 0 bridgehead atoms. The number of hydrogen-bond donors (Lipinski definition) is 0. The number of amides is 1. The smallest absolute Gasteiger partial charge is 0.223 e. The molecule has 0 aliphatic heterocycles. The minimum Gasteiger partial charge on any atom is -0.340 e. The third-order valence-corrected chi connectivity index (χ3v) is 4.63. The molecule has 3 aromatic rings. The Labute approximate surface area is 157 Å². The van der Waals surface area contributed by atoms with E-state index in [9.17, 15) is 4.79 Å². The number of aromatic nitrogens is 2. The zero-order chi connectivity index (χ0) is 18.5. The zero-order valence-corrected chi connectivity index (χ0v) is 15.5. The highest BCUT2D eigenvalue weighted by Crippen LogP contribution is 2.30. The summed E-state index contributed by atoms with van der Waals surface area (Å²) in [4.78, 5) is 14.5. The van der Waals surface area contributed by atoms with Crippen LogP contribution in [0.1, 0.15) is 34.9 Å². The van der Waals surface area contributed by atoms with Gasteiger partial charge in [-0.3, -0.25) is 4.79 Å². The predicted molar refractivity (Wildman–Crippen MR) is 99.9 cm³/mol. The summed E-state index contributed by atoms with van der Waals surface area (Å²) < 4.78 is 4.71. The molecule has 5 nitrogen and oxygen atoms in total. The van der Waals surface area contributed by atoms with Gasteiger partial charge in [-0.1, -0.05) is 64.4 Å². The second-order valence-corrected chi connectivity index (χ2v) is 6.70. The van der Waals surface area contributed by atoms with Crippen molar-refractivity contribution in [3.63, 3.8) is 0 Å². The quantitative estimate of drug-likeness (QED) is 0.653. The number of halogens is 1. The first kappa shape index (κ1) is 18.1. The van der Waals surface area contributed by atoms with Crippen molar-refractivity contribution in [2.24, 2.45) is 0 Å². The highest BCUT2D eigenvalue weighted by atomic mass is 35.5. The Balaban J connectivity index is 1.81. The van der Waals surface area contributed by atoms with Gasteiger partial charge >= 0.3 is 0 Å². The van der Waals surface area contributed by atoms with Crippen LogP contribution in [0.4, 0.5) is 0 Å². The molecule has 0 saturated carbocycles. The molecule has 0 aliphatic carbocycles. The lowest BCUT2D eigenvalue weighted by molar-refractivity contribution is -0.130. The Hall–Kier alpha value is -2.66. The summed E-state index contributed by atoms with van der Waals surface area (Å²) >= 11 is 6.17. The number of hydrogen-bond acceptors (Lipinski definition) is 4. The van der Waals surface area contributed by atoms with Crippen molar-refractivity contribution in [1.29, 1.82) is 0 Å². The molecule has 1 heterocycles. The largest absolute Gasteiger partial charge is 0.340 e. The van der Waals surface area contributed by atoms with Gasteiger partial charge in [-0.15, -0.1) is 0 Å². The molecule has 3 rings (SSSR count). The van der Waals surface area contributed by atoms with E-state index in [2.05, 4.69) is 10.3 Å². The fourth-order valence-electron chi connectivity index (χ4n) is 2.87. The number of rotatable bonds is 6. The van der Waals surface area contributed by atoms with Crippen LogP contribution in [0.15, 0.2) is 59.2 Å². The van der Waals surface area contributed by atoms with Crippen molar-refractivity contribution < 1.29 is 9.42 Å². The minimum atomic E-state index is -0.0682. The highest BCUT2D eigenvalue weighted by Gasteiger charge is 2.22. The van der Waals surface area contributed by atoms with E-state index in [4.69, 9.17) is 16.2 Å². The van der Waals surface area contributed by atoms with Crippen LogP contribution < -0.4 is 0 Å². The zero-order valence-electron chi connectivity index (χ0n) is 14.7. The standard InChI is InChI=1S/C20H20ClN3O2/c1-14-19(23-26-22-14)13-24(2)20(25)12-18(15-7-4-3-5-8-15)16-9-6-10-17(21)11-16/h3-11,18H,12-13H2,1-2H3/t18-/m0/s1. The molecule has 0 saturated heterocycles. The number of aryl methyl sites for hydroxylation is 1. The Morgan fingerprint density at radius 2 is 1.85 bits per heavy atom. The molecule has 1 aromatic heterocycles. The molecule has 134 valence electrons. The van der Waals surface area contributed by atoms with E-state index in [1.807, 2.05) is 61.5 Å². The summed E-state index contributed by atoms with van der Waals surface area (Å²) in [5.41, 5.74) is 3.46. The third-order valence-electron chi connectivity index (χ3n) is 4.39. The molecule has 0 fully saturated rings. The lowest BCUT2D eigenvalue weighted by atomic mass is 9.88.